The minimum absolute atomic E-state index is 0.0518. The molecule has 0 unspecified atom stereocenters. The lowest BCUT2D eigenvalue weighted by Gasteiger charge is -2.11. The Labute approximate surface area is 162 Å². The van der Waals surface area contributed by atoms with Crippen molar-refractivity contribution in [3.63, 3.8) is 0 Å². The number of anilines is 2. The molecule has 27 heavy (non-hydrogen) atoms. The largest absolute Gasteiger partial charge is 0.481 e. The number of aryl methyl sites for hydroxylation is 1. The van der Waals surface area contributed by atoms with Gasteiger partial charge in [-0.2, -0.15) is 0 Å². The Kier molecular flexibility index (Phi) is 6.96. The summed E-state index contributed by atoms with van der Waals surface area (Å²) < 4.78 is 0. The van der Waals surface area contributed by atoms with Crippen molar-refractivity contribution in [3.05, 3.63) is 58.6 Å². The molecule has 0 fully saturated rings. The fourth-order valence-corrected chi connectivity index (χ4v) is 2.47. The summed E-state index contributed by atoms with van der Waals surface area (Å²) in [4.78, 5) is 34.9. The lowest BCUT2D eigenvalue weighted by molar-refractivity contribution is -0.137. The number of benzene rings is 2. The van der Waals surface area contributed by atoms with E-state index in [0.29, 0.717) is 17.8 Å². The average Bonchev–Trinajstić information content (AvgIpc) is 2.62. The van der Waals surface area contributed by atoms with Gasteiger partial charge < -0.3 is 15.7 Å². The van der Waals surface area contributed by atoms with Crippen LogP contribution < -0.4 is 10.6 Å². The number of aliphatic carboxylic acids is 1. The van der Waals surface area contributed by atoms with Crippen LogP contribution in [0.5, 0.6) is 0 Å². The molecule has 0 aromatic heterocycles. The van der Waals surface area contributed by atoms with Gasteiger partial charge in [0, 0.05) is 23.7 Å². The smallest absolute Gasteiger partial charge is 0.303 e. The van der Waals surface area contributed by atoms with Gasteiger partial charge in [-0.15, -0.1) is 0 Å². The van der Waals surface area contributed by atoms with E-state index >= 15 is 0 Å². The number of carbonyl (C=O) groups excluding carboxylic acids is 2. The van der Waals surface area contributed by atoms with E-state index in [1.165, 1.54) is 6.07 Å². The zero-order valence-corrected chi connectivity index (χ0v) is 15.8. The fourth-order valence-electron chi connectivity index (χ4n) is 2.27. The van der Waals surface area contributed by atoms with E-state index in [4.69, 9.17) is 16.7 Å². The quantitative estimate of drug-likeness (QED) is 0.662. The number of nitrogens with one attached hydrogen (secondary N) is 2. The van der Waals surface area contributed by atoms with Crippen molar-refractivity contribution >= 4 is 40.8 Å². The van der Waals surface area contributed by atoms with Crippen LogP contribution in [-0.2, 0) is 16.0 Å². The summed E-state index contributed by atoms with van der Waals surface area (Å²) in [5, 5.41) is 14.5. The third-order valence-electron chi connectivity index (χ3n) is 3.84. The highest BCUT2D eigenvalue weighted by Crippen LogP contribution is 2.22. The van der Waals surface area contributed by atoms with Crippen LogP contribution in [0.25, 0.3) is 0 Å². The summed E-state index contributed by atoms with van der Waals surface area (Å²) in [5.41, 5.74) is 2.17. The van der Waals surface area contributed by atoms with Crippen LogP contribution in [-0.4, -0.2) is 22.9 Å². The van der Waals surface area contributed by atoms with Crippen LogP contribution in [0.2, 0.25) is 5.02 Å². The highest BCUT2D eigenvalue weighted by molar-refractivity contribution is 6.34. The Hall–Kier alpha value is -2.86. The van der Waals surface area contributed by atoms with Crippen LogP contribution in [0.15, 0.2) is 42.5 Å². The summed E-state index contributed by atoms with van der Waals surface area (Å²) in [7, 11) is 0. The Morgan fingerprint density at radius 3 is 2.22 bits per heavy atom. The zero-order chi connectivity index (χ0) is 20.0. The molecule has 0 aliphatic heterocycles. The van der Waals surface area contributed by atoms with Gasteiger partial charge in [-0.1, -0.05) is 37.6 Å². The first-order chi connectivity index (χ1) is 12.8. The molecule has 2 amide bonds. The predicted molar refractivity (Wildman–Crippen MR) is 105 cm³/mol. The normalized spacial score (nSPS) is 10.5. The molecule has 2 aromatic carbocycles. The van der Waals surface area contributed by atoms with Crippen molar-refractivity contribution in [1.82, 2.24) is 0 Å². The summed E-state index contributed by atoms with van der Waals surface area (Å²) in [6.07, 6.45) is 0.475. The number of amides is 2. The van der Waals surface area contributed by atoms with Gasteiger partial charge in [-0.3, -0.25) is 14.4 Å². The summed E-state index contributed by atoms with van der Waals surface area (Å²) in [5.74, 6) is -1.59. The standard InChI is InChI=1S/C20H21ClN2O4/c1-12(2)19(26)23-15-8-9-17(21)16(11-15)20(27)22-14-6-3-13(4-7-14)5-10-18(24)25/h3-4,6-9,11-12H,5,10H2,1-2H3,(H,22,27)(H,23,26)(H,24,25). The van der Waals surface area contributed by atoms with E-state index in [1.54, 1.807) is 50.2 Å². The molecule has 2 aromatic rings. The maximum atomic E-state index is 12.5. The highest BCUT2D eigenvalue weighted by Gasteiger charge is 2.14. The number of hydrogen-bond donors (Lipinski definition) is 3. The Bertz CT molecular complexity index is 848. The first kappa shape index (κ1) is 20.5. The van der Waals surface area contributed by atoms with E-state index < -0.39 is 11.9 Å². The zero-order valence-electron chi connectivity index (χ0n) is 15.1. The monoisotopic (exact) mass is 388 g/mol. The maximum absolute atomic E-state index is 12.5. The molecule has 0 atom stereocenters. The Morgan fingerprint density at radius 2 is 1.63 bits per heavy atom. The van der Waals surface area contributed by atoms with Gasteiger partial charge in [0.25, 0.3) is 5.91 Å². The van der Waals surface area contributed by atoms with Crippen molar-refractivity contribution in [1.29, 1.82) is 0 Å². The number of rotatable bonds is 7. The van der Waals surface area contributed by atoms with Crippen molar-refractivity contribution < 1.29 is 19.5 Å². The van der Waals surface area contributed by atoms with E-state index in [9.17, 15) is 14.4 Å². The Morgan fingerprint density at radius 1 is 1.00 bits per heavy atom. The molecule has 0 aliphatic carbocycles. The average molecular weight is 389 g/mol. The van der Waals surface area contributed by atoms with E-state index in [-0.39, 0.29) is 28.8 Å². The first-order valence-electron chi connectivity index (χ1n) is 8.48. The van der Waals surface area contributed by atoms with E-state index in [1.807, 2.05) is 0 Å². The van der Waals surface area contributed by atoms with Crippen molar-refractivity contribution in [3.8, 4) is 0 Å². The summed E-state index contributed by atoms with van der Waals surface area (Å²) in [6, 6.07) is 11.6. The van der Waals surface area contributed by atoms with Gasteiger partial charge in [0.2, 0.25) is 5.91 Å². The number of carboxylic acids is 1. The second-order valence-electron chi connectivity index (χ2n) is 6.38. The second-order valence-corrected chi connectivity index (χ2v) is 6.79. The van der Waals surface area contributed by atoms with Crippen LogP contribution in [0, 0.1) is 5.92 Å². The molecule has 0 bridgehead atoms. The molecule has 0 spiro atoms. The first-order valence-corrected chi connectivity index (χ1v) is 8.86. The molecule has 0 saturated heterocycles. The van der Waals surface area contributed by atoms with Gasteiger partial charge in [0.15, 0.2) is 0 Å². The van der Waals surface area contributed by atoms with Gasteiger partial charge in [-0.25, -0.2) is 0 Å². The molecule has 142 valence electrons. The van der Waals surface area contributed by atoms with Crippen molar-refractivity contribution in [2.45, 2.75) is 26.7 Å². The third-order valence-corrected chi connectivity index (χ3v) is 4.17. The van der Waals surface area contributed by atoms with E-state index in [0.717, 1.165) is 5.56 Å². The minimum atomic E-state index is -0.855. The number of carbonyl (C=O) groups is 3. The molecule has 7 heteroatoms. The van der Waals surface area contributed by atoms with Crippen LogP contribution in [0.1, 0.15) is 36.2 Å². The second kappa shape index (κ2) is 9.19. The van der Waals surface area contributed by atoms with Crippen LogP contribution in [0.3, 0.4) is 0 Å². The van der Waals surface area contributed by atoms with Gasteiger partial charge in [0.1, 0.15) is 0 Å². The topological polar surface area (TPSA) is 95.5 Å². The molecular weight excluding hydrogens is 368 g/mol. The molecular formula is C20H21ClN2O4. The number of halogens is 1. The number of carboxylic acid groups (broad SMARTS) is 1. The van der Waals surface area contributed by atoms with Crippen LogP contribution >= 0.6 is 11.6 Å². The Balaban J connectivity index is 2.08. The minimum Gasteiger partial charge on any atom is -0.481 e. The van der Waals surface area contributed by atoms with E-state index in [2.05, 4.69) is 10.6 Å². The predicted octanol–water partition coefficient (Wildman–Crippen LogP) is 4.20. The number of hydrogen-bond acceptors (Lipinski definition) is 3. The molecule has 6 nitrogen and oxygen atoms in total. The SMILES string of the molecule is CC(C)C(=O)Nc1ccc(Cl)c(C(=O)Nc2ccc(CCC(=O)O)cc2)c1. The van der Waals surface area contributed by atoms with Gasteiger partial charge >= 0.3 is 5.97 Å². The van der Waals surface area contributed by atoms with Crippen LogP contribution in [0.4, 0.5) is 11.4 Å². The molecule has 0 aliphatic rings. The molecule has 0 heterocycles. The molecule has 2 rings (SSSR count). The third kappa shape index (κ3) is 6.11. The molecule has 0 saturated carbocycles. The van der Waals surface area contributed by atoms with Gasteiger partial charge in [0.05, 0.1) is 10.6 Å². The fraction of sp³-hybridized carbons (Fsp3) is 0.250. The maximum Gasteiger partial charge on any atom is 0.303 e. The molecule has 0 radical (unpaired) electrons. The highest BCUT2D eigenvalue weighted by atomic mass is 35.5. The van der Waals surface area contributed by atoms with Crippen molar-refractivity contribution in [2.75, 3.05) is 10.6 Å². The lowest BCUT2D eigenvalue weighted by atomic mass is 10.1. The van der Waals surface area contributed by atoms with Gasteiger partial charge in [-0.05, 0) is 42.3 Å². The molecule has 3 N–H and O–H groups in total. The van der Waals surface area contributed by atoms with Crippen molar-refractivity contribution in [2.24, 2.45) is 5.92 Å². The summed E-state index contributed by atoms with van der Waals surface area (Å²) in [6.45, 7) is 3.55. The summed E-state index contributed by atoms with van der Waals surface area (Å²) >= 11 is 6.12. The lowest BCUT2D eigenvalue weighted by Crippen LogP contribution is -2.18.